The van der Waals surface area contributed by atoms with Gasteiger partial charge in [-0.05, 0) is 43.0 Å². The molecule has 5 nitrogen and oxygen atoms in total. The molecule has 1 N–H and O–H groups in total. The fourth-order valence-electron chi connectivity index (χ4n) is 2.95. The summed E-state index contributed by atoms with van der Waals surface area (Å²) in [4.78, 5) is 26.1. The smallest absolute Gasteiger partial charge is 0.251 e. The molecule has 1 amide bonds. The van der Waals surface area contributed by atoms with Crippen LogP contribution >= 0.6 is 0 Å². The molecule has 3 rings (SSSR count). The van der Waals surface area contributed by atoms with Gasteiger partial charge in [-0.1, -0.05) is 12.1 Å². The number of nitrogens with one attached hydrogen (secondary N) is 1. The van der Waals surface area contributed by atoms with E-state index in [0.29, 0.717) is 12.1 Å². The minimum Gasteiger partial charge on any atom is -0.372 e. The highest BCUT2D eigenvalue weighted by atomic mass is 16.2. The largest absolute Gasteiger partial charge is 0.372 e. The Morgan fingerprint density at radius 1 is 1.08 bits per heavy atom. The van der Waals surface area contributed by atoms with Crippen molar-refractivity contribution in [3.63, 3.8) is 0 Å². The second kappa shape index (κ2) is 7.34. The molecule has 1 saturated heterocycles. The molecular formula is C19H23N3O2. The van der Waals surface area contributed by atoms with Crippen molar-refractivity contribution >= 4 is 11.6 Å². The van der Waals surface area contributed by atoms with Crippen LogP contribution < -0.4 is 15.8 Å². The van der Waals surface area contributed by atoms with Gasteiger partial charge in [0.25, 0.3) is 11.5 Å². The topological polar surface area (TPSA) is 54.3 Å². The Labute approximate surface area is 141 Å². The molecule has 1 aromatic carbocycles. The average molecular weight is 325 g/mol. The first-order valence-corrected chi connectivity index (χ1v) is 8.42. The number of hydrogen-bond acceptors (Lipinski definition) is 3. The lowest BCUT2D eigenvalue weighted by atomic mass is 10.1. The van der Waals surface area contributed by atoms with Crippen LogP contribution in [0.2, 0.25) is 0 Å². The van der Waals surface area contributed by atoms with E-state index in [4.69, 9.17) is 0 Å². The fraction of sp³-hybridized carbons (Fsp3) is 0.368. The van der Waals surface area contributed by atoms with E-state index < -0.39 is 0 Å². The minimum absolute atomic E-state index is 0.187. The normalized spacial score (nSPS) is 14.5. The maximum Gasteiger partial charge on any atom is 0.251 e. The monoisotopic (exact) mass is 325 g/mol. The van der Waals surface area contributed by atoms with Crippen LogP contribution in [-0.4, -0.2) is 23.6 Å². The molecule has 2 aromatic rings. The van der Waals surface area contributed by atoms with Crippen molar-refractivity contribution in [1.82, 2.24) is 9.88 Å². The summed E-state index contributed by atoms with van der Waals surface area (Å²) in [5, 5.41) is 2.86. The van der Waals surface area contributed by atoms with E-state index in [1.807, 2.05) is 12.1 Å². The van der Waals surface area contributed by atoms with E-state index in [2.05, 4.69) is 22.3 Å². The Morgan fingerprint density at radius 2 is 1.79 bits per heavy atom. The third kappa shape index (κ3) is 3.85. The molecule has 1 aliphatic rings. The zero-order valence-electron chi connectivity index (χ0n) is 14.0. The van der Waals surface area contributed by atoms with Crippen LogP contribution in [0, 0.1) is 0 Å². The molecule has 1 aliphatic heterocycles. The highest BCUT2D eigenvalue weighted by Gasteiger charge is 2.11. The van der Waals surface area contributed by atoms with Crippen LogP contribution in [-0.2, 0) is 13.6 Å². The molecule has 2 heterocycles. The molecule has 0 atom stereocenters. The summed E-state index contributed by atoms with van der Waals surface area (Å²) in [5.74, 6) is -0.229. The molecule has 0 spiro atoms. The molecule has 126 valence electrons. The molecule has 0 saturated carbocycles. The van der Waals surface area contributed by atoms with Crippen molar-refractivity contribution in [2.24, 2.45) is 7.05 Å². The molecule has 5 heteroatoms. The molecule has 0 unspecified atom stereocenters. The summed E-state index contributed by atoms with van der Waals surface area (Å²) in [6.45, 7) is 2.70. The van der Waals surface area contributed by atoms with Crippen LogP contribution in [0.25, 0.3) is 0 Å². The van der Waals surface area contributed by atoms with Crippen LogP contribution in [0.5, 0.6) is 0 Å². The van der Waals surface area contributed by atoms with E-state index >= 15 is 0 Å². The maximum atomic E-state index is 12.1. The number of benzene rings is 1. The Kier molecular flexibility index (Phi) is 4.99. The van der Waals surface area contributed by atoms with Gasteiger partial charge < -0.3 is 14.8 Å². The van der Waals surface area contributed by atoms with Crippen molar-refractivity contribution in [3.05, 3.63) is 64.1 Å². The minimum atomic E-state index is -0.229. The summed E-state index contributed by atoms with van der Waals surface area (Å²) < 4.78 is 1.44. The molecule has 24 heavy (non-hydrogen) atoms. The Balaban J connectivity index is 1.58. The fourth-order valence-corrected chi connectivity index (χ4v) is 2.95. The summed E-state index contributed by atoms with van der Waals surface area (Å²) in [6, 6.07) is 11.3. The van der Waals surface area contributed by atoms with Gasteiger partial charge in [0, 0.05) is 50.2 Å². The van der Waals surface area contributed by atoms with Crippen molar-refractivity contribution in [2.45, 2.75) is 25.8 Å². The number of piperidine rings is 1. The molecule has 1 aromatic heterocycles. The summed E-state index contributed by atoms with van der Waals surface area (Å²) in [5.41, 5.74) is 2.50. The lowest BCUT2D eigenvalue weighted by Crippen LogP contribution is -2.29. The quantitative estimate of drug-likeness (QED) is 0.938. The van der Waals surface area contributed by atoms with Gasteiger partial charge in [-0.25, -0.2) is 0 Å². The number of carbonyl (C=O) groups is 1. The first-order valence-electron chi connectivity index (χ1n) is 8.42. The third-order valence-electron chi connectivity index (χ3n) is 4.48. The second-order valence-electron chi connectivity index (χ2n) is 6.26. The predicted molar refractivity (Wildman–Crippen MR) is 95.4 cm³/mol. The number of nitrogens with zero attached hydrogens (tertiary/aromatic N) is 2. The van der Waals surface area contributed by atoms with Crippen molar-refractivity contribution < 1.29 is 4.79 Å². The number of carbonyl (C=O) groups excluding carboxylic acids is 1. The van der Waals surface area contributed by atoms with E-state index in [0.717, 1.165) is 18.7 Å². The molecule has 0 radical (unpaired) electrons. The van der Waals surface area contributed by atoms with Crippen LogP contribution in [0.15, 0.2) is 47.4 Å². The number of anilines is 1. The van der Waals surface area contributed by atoms with Gasteiger partial charge in [0.15, 0.2) is 0 Å². The zero-order chi connectivity index (χ0) is 16.9. The zero-order valence-corrected chi connectivity index (χ0v) is 14.0. The molecule has 0 aliphatic carbocycles. The Hall–Kier alpha value is -2.56. The summed E-state index contributed by atoms with van der Waals surface area (Å²) >= 11 is 0. The van der Waals surface area contributed by atoms with Crippen LogP contribution in [0.3, 0.4) is 0 Å². The number of amides is 1. The maximum absolute atomic E-state index is 12.1. The van der Waals surface area contributed by atoms with Gasteiger partial charge in [-0.15, -0.1) is 0 Å². The van der Waals surface area contributed by atoms with Crippen LogP contribution in [0.4, 0.5) is 5.69 Å². The average Bonchev–Trinajstić information content (AvgIpc) is 2.63. The predicted octanol–water partition coefficient (Wildman–Crippen LogP) is 2.31. The van der Waals surface area contributed by atoms with E-state index in [-0.39, 0.29) is 11.5 Å². The lowest BCUT2D eigenvalue weighted by Gasteiger charge is -2.28. The number of aryl methyl sites for hydroxylation is 1. The van der Waals surface area contributed by atoms with E-state index in [1.165, 1.54) is 35.6 Å². The number of aromatic nitrogens is 1. The van der Waals surface area contributed by atoms with Crippen LogP contribution in [0.1, 0.15) is 35.2 Å². The van der Waals surface area contributed by atoms with Gasteiger partial charge in [0.1, 0.15) is 0 Å². The van der Waals surface area contributed by atoms with E-state index in [1.54, 1.807) is 19.3 Å². The first kappa shape index (κ1) is 16.3. The van der Waals surface area contributed by atoms with Gasteiger partial charge in [0.2, 0.25) is 0 Å². The molecule has 1 fully saturated rings. The van der Waals surface area contributed by atoms with Crippen molar-refractivity contribution in [1.29, 1.82) is 0 Å². The van der Waals surface area contributed by atoms with E-state index in [9.17, 15) is 9.59 Å². The molecular weight excluding hydrogens is 302 g/mol. The third-order valence-corrected chi connectivity index (χ3v) is 4.48. The summed E-state index contributed by atoms with van der Waals surface area (Å²) in [6.07, 6.45) is 5.44. The van der Waals surface area contributed by atoms with Gasteiger partial charge >= 0.3 is 0 Å². The van der Waals surface area contributed by atoms with Crippen molar-refractivity contribution in [3.8, 4) is 0 Å². The number of hydrogen-bond donors (Lipinski definition) is 1. The number of rotatable bonds is 4. The lowest BCUT2D eigenvalue weighted by molar-refractivity contribution is 0.0950. The SMILES string of the molecule is Cn1ccc(C(=O)NCc2ccc(N3CCCCC3)cc2)cc1=O. The standard InChI is InChI=1S/C19H23N3O2/c1-21-12-9-16(13-18(21)23)19(24)20-14-15-5-7-17(8-6-15)22-10-3-2-4-11-22/h5-9,12-13H,2-4,10-11,14H2,1H3,(H,20,24). The first-order chi connectivity index (χ1) is 11.6. The molecule has 0 bridgehead atoms. The summed E-state index contributed by atoms with van der Waals surface area (Å²) in [7, 11) is 1.66. The van der Waals surface area contributed by atoms with Gasteiger partial charge in [0.05, 0.1) is 0 Å². The van der Waals surface area contributed by atoms with Gasteiger partial charge in [-0.3, -0.25) is 9.59 Å². The highest BCUT2D eigenvalue weighted by Crippen LogP contribution is 2.20. The highest BCUT2D eigenvalue weighted by molar-refractivity contribution is 5.93. The Morgan fingerprint density at radius 3 is 2.46 bits per heavy atom. The Bertz CT molecular complexity index is 759. The second-order valence-corrected chi connectivity index (χ2v) is 6.26. The van der Waals surface area contributed by atoms with Crippen molar-refractivity contribution in [2.75, 3.05) is 18.0 Å². The van der Waals surface area contributed by atoms with Gasteiger partial charge in [-0.2, -0.15) is 0 Å². The number of pyridine rings is 1.